The van der Waals surface area contributed by atoms with Gasteiger partial charge < -0.3 is 19.3 Å². The van der Waals surface area contributed by atoms with Gasteiger partial charge in [-0.3, -0.25) is 0 Å². The number of hydrogen-bond acceptors (Lipinski definition) is 4. The minimum Gasteiger partial charge on any atom is -0.461 e. The maximum atomic E-state index is 10.0. The van der Waals surface area contributed by atoms with Crippen LogP contribution in [0.1, 0.15) is 5.56 Å². The van der Waals surface area contributed by atoms with E-state index in [2.05, 4.69) is 0 Å². The molecule has 4 heteroatoms. The molecule has 2 aromatic carbocycles. The molecular weight excluding hydrogens is 292 g/mol. The van der Waals surface area contributed by atoms with Gasteiger partial charge >= 0.3 is 0 Å². The molecule has 0 amide bonds. The highest BCUT2D eigenvalue weighted by Gasteiger charge is 2.26. The fourth-order valence-electron chi connectivity index (χ4n) is 2.33. The molecule has 3 atom stereocenters. The number of aliphatic hydroxyl groups excluding tert-OH is 1. The Kier molecular flexibility index (Phi) is 5.42. The van der Waals surface area contributed by atoms with Crippen LogP contribution in [-0.4, -0.2) is 30.2 Å². The molecule has 3 rings (SSSR count). The molecule has 0 saturated carbocycles. The van der Waals surface area contributed by atoms with E-state index >= 15 is 0 Å². The zero-order chi connectivity index (χ0) is 15.9. The summed E-state index contributed by atoms with van der Waals surface area (Å²) in [7, 11) is 0. The summed E-state index contributed by atoms with van der Waals surface area (Å²) in [4.78, 5) is 0. The van der Waals surface area contributed by atoms with Gasteiger partial charge in [0.25, 0.3) is 0 Å². The van der Waals surface area contributed by atoms with Crippen LogP contribution in [0.2, 0.25) is 0 Å². The number of hydrogen-bond donors (Lipinski definition) is 1. The van der Waals surface area contributed by atoms with Crippen molar-refractivity contribution in [2.24, 2.45) is 0 Å². The maximum absolute atomic E-state index is 10.0. The van der Waals surface area contributed by atoms with Gasteiger partial charge in [-0.2, -0.15) is 0 Å². The van der Waals surface area contributed by atoms with Crippen LogP contribution < -0.4 is 4.74 Å². The van der Waals surface area contributed by atoms with Crippen LogP contribution >= 0.6 is 0 Å². The van der Waals surface area contributed by atoms with Crippen LogP contribution in [0.5, 0.6) is 5.75 Å². The lowest BCUT2D eigenvalue weighted by atomic mass is 10.1. The Labute approximate surface area is 135 Å². The zero-order valence-electron chi connectivity index (χ0n) is 12.7. The Morgan fingerprint density at radius 2 is 1.61 bits per heavy atom. The Morgan fingerprint density at radius 3 is 2.35 bits per heavy atom. The Bertz CT molecular complexity index is 612. The molecule has 1 heterocycles. The summed E-state index contributed by atoms with van der Waals surface area (Å²) in [6, 6.07) is 19.4. The first-order chi connectivity index (χ1) is 11.3. The lowest BCUT2D eigenvalue weighted by Crippen LogP contribution is -2.40. The van der Waals surface area contributed by atoms with E-state index < -0.39 is 18.5 Å². The molecule has 0 aliphatic carbocycles. The molecule has 0 saturated heterocycles. The molecule has 4 nitrogen and oxygen atoms in total. The molecule has 0 unspecified atom stereocenters. The van der Waals surface area contributed by atoms with E-state index in [-0.39, 0.29) is 0 Å². The van der Waals surface area contributed by atoms with Crippen molar-refractivity contribution in [2.75, 3.05) is 6.61 Å². The highest BCUT2D eigenvalue weighted by molar-refractivity contribution is 5.21. The molecule has 0 bridgehead atoms. The normalized spacial score (nSPS) is 23.6. The van der Waals surface area contributed by atoms with Crippen LogP contribution in [0.25, 0.3) is 0 Å². The highest BCUT2D eigenvalue weighted by atomic mass is 16.7. The van der Waals surface area contributed by atoms with Gasteiger partial charge in [-0.15, -0.1) is 0 Å². The second-order valence-corrected chi connectivity index (χ2v) is 5.35. The number of ether oxygens (including phenoxy) is 3. The average molecular weight is 312 g/mol. The number of rotatable bonds is 6. The van der Waals surface area contributed by atoms with Gasteiger partial charge in [-0.25, -0.2) is 0 Å². The van der Waals surface area contributed by atoms with Crippen LogP contribution in [0.3, 0.4) is 0 Å². The van der Waals surface area contributed by atoms with Crippen molar-refractivity contribution in [1.29, 1.82) is 0 Å². The van der Waals surface area contributed by atoms with Crippen LogP contribution in [0, 0.1) is 0 Å². The van der Waals surface area contributed by atoms with Crippen molar-refractivity contribution in [3.63, 3.8) is 0 Å². The Morgan fingerprint density at radius 1 is 0.913 bits per heavy atom. The summed E-state index contributed by atoms with van der Waals surface area (Å²) in [5.74, 6) is 0.725. The standard InChI is InChI=1S/C19H20O4/c20-17-11-12-19(22-16-9-5-2-6-10-16)23-18(17)14-21-13-15-7-3-1-4-8-15/h1-12,17-20H,13-14H2/t17-,18-,19-/m1/s1. The van der Waals surface area contributed by atoms with Gasteiger partial charge in [0, 0.05) is 0 Å². The summed E-state index contributed by atoms with van der Waals surface area (Å²) in [5.41, 5.74) is 1.09. The first-order valence-corrected chi connectivity index (χ1v) is 7.66. The fraction of sp³-hybridized carbons (Fsp3) is 0.263. The number of para-hydroxylation sites is 1. The maximum Gasteiger partial charge on any atom is 0.220 e. The monoisotopic (exact) mass is 312 g/mol. The van der Waals surface area contributed by atoms with Gasteiger partial charge in [0.05, 0.1) is 13.2 Å². The number of benzene rings is 2. The van der Waals surface area contributed by atoms with E-state index in [9.17, 15) is 5.11 Å². The highest BCUT2D eigenvalue weighted by Crippen LogP contribution is 2.19. The molecule has 0 fully saturated rings. The lowest BCUT2D eigenvalue weighted by molar-refractivity contribution is -0.151. The SMILES string of the molecule is O[C@@H]1C=C[C@H](Oc2ccccc2)O[C@@H]1COCc1ccccc1. The third kappa shape index (κ3) is 4.66. The van der Waals surface area contributed by atoms with Crippen molar-refractivity contribution in [2.45, 2.75) is 25.1 Å². The minimum absolute atomic E-state index is 0.301. The predicted octanol–water partition coefficient (Wildman–Crippen LogP) is 2.92. The van der Waals surface area contributed by atoms with E-state index in [1.165, 1.54) is 0 Å². The summed E-state index contributed by atoms with van der Waals surface area (Å²) in [6.45, 7) is 0.788. The molecule has 0 spiro atoms. The van der Waals surface area contributed by atoms with Gasteiger partial charge in [0.2, 0.25) is 6.29 Å². The lowest BCUT2D eigenvalue weighted by Gasteiger charge is -2.29. The molecule has 1 aliphatic heterocycles. The third-order valence-corrected chi connectivity index (χ3v) is 3.54. The summed E-state index contributed by atoms with van der Waals surface area (Å²) >= 11 is 0. The first-order valence-electron chi connectivity index (χ1n) is 7.66. The number of aliphatic hydroxyl groups is 1. The molecule has 1 aliphatic rings. The topological polar surface area (TPSA) is 47.9 Å². The van der Waals surface area contributed by atoms with Crippen molar-refractivity contribution in [3.05, 3.63) is 78.4 Å². The van der Waals surface area contributed by atoms with Gasteiger partial charge in [0.15, 0.2) is 0 Å². The third-order valence-electron chi connectivity index (χ3n) is 3.54. The largest absolute Gasteiger partial charge is 0.461 e. The van der Waals surface area contributed by atoms with E-state index in [0.717, 1.165) is 11.3 Å². The zero-order valence-corrected chi connectivity index (χ0v) is 12.7. The van der Waals surface area contributed by atoms with Crippen LogP contribution in [0.15, 0.2) is 72.8 Å². The van der Waals surface area contributed by atoms with Crippen molar-refractivity contribution < 1.29 is 19.3 Å². The molecule has 1 N–H and O–H groups in total. The second-order valence-electron chi connectivity index (χ2n) is 5.35. The van der Waals surface area contributed by atoms with Crippen molar-refractivity contribution >= 4 is 0 Å². The molecule has 120 valence electrons. The van der Waals surface area contributed by atoms with Crippen LogP contribution in [0.4, 0.5) is 0 Å². The second kappa shape index (κ2) is 7.92. The molecular formula is C19H20O4. The quantitative estimate of drug-likeness (QED) is 0.833. The van der Waals surface area contributed by atoms with E-state index in [0.29, 0.717) is 13.2 Å². The van der Waals surface area contributed by atoms with Gasteiger partial charge in [-0.1, -0.05) is 54.6 Å². The Hall–Kier alpha value is -2.14. The molecule has 0 radical (unpaired) electrons. The molecule has 0 aromatic heterocycles. The smallest absolute Gasteiger partial charge is 0.220 e. The predicted molar refractivity (Wildman–Crippen MR) is 87.0 cm³/mol. The fourth-order valence-corrected chi connectivity index (χ4v) is 2.33. The van der Waals surface area contributed by atoms with Gasteiger partial charge in [-0.05, 0) is 23.8 Å². The summed E-state index contributed by atoms with van der Waals surface area (Å²) in [5, 5.41) is 10.0. The van der Waals surface area contributed by atoms with E-state index in [1.54, 1.807) is 12.2 Å². The Balaban J connectivity index is 1.50. The summed E-state index contributed by atoms with van der Waals surface area (Å²) < 4.78 is 17.1. The molecule has 2 aromatic rings. The minimum atomic E-state index is -0.693. The average Bonchev–Trinajstić information content (AvgIpc) is 2.59. The van der Waals surface area contributed by atoms with Gasteiger partial charge in [0.1, 0.15) is 18.0 Å². The first kappa shape index (κ1) is 15.7. The van der Waals surface area contributed by atoms with Crippen molar-refractivity contribution in [3.8, 4) is 5.75 Å². The van der Waals surface area contributed by atoms with E-state index in [1.807, 2.05) is 60.7 Å². The molecule has 23 heavy (non-hydrogen) atoms. The summed E-state index contributed by atoms with van der Waals surface area (Å²) in [6.07, 6.45) is 1.74. The van der Waals surface area contributed by atoms with Crippen LogP contribution in [-0.2, 0) is 16.1 Å². The van der Waals surface area contributed by atoms with Crippen molar-refractivity contribution in [1.82, 2.24) is 0 Å². The van der Waals surface area contributed by atoms with E-state index in [4.69, 9.17) is 14.2 Å².